The predicted molar refractivity (Wildman–Crippen MR) is 59.5 cm³/mol. The Labute approximate surface area is 82.1 Å². The zero-order valence-corrected chi connectivity index (χ0v) is 7.62. The van der Waals surface area contributed by atoms with Gasteiger partial charge in [-0.2, -0.15) is 0 Å². The summed E-state index contributed by atoms with van der Waals surface area (Å²) in [7, 11) is 0. The molecule has 0 fully saturated rings. The Morgan fingerprint density at radius 1 is 1.07 bits per heavy atom. The minimum atomic E-state index is -0.0404. The van der Waals surface area contributed by atoms with E-state index < -0.39 is 0 Å². The van der Waals surface area contributed by atoms with E-state index in [0.717, 1.165) is 16.5 Å². The van der Waals surface area contributed by atoms with Crippen LogP contribution in [0.4, 0.5) is 5.69 Å². The molecule has 0 aliphatic heterocycles. The highest BCUT2D eigenvalue weighted by Gasteiger charge is 1.99. The van der Waals surface area contributed by atoms with Crippen molar-refractivity contribution in [2.45, 2.75) is 0 Å². The first-order chi connectivity index (χ1) is 6.77. The van der Waals surface area contributed by atoms with Crippen LogP contribution in [0.3, 0.4) is 0 Å². The molecule has 0 saturated carbocycles. The molecule has 2 aromatic carbocycles. The molecule has 3 nitrogen and oxygen atoms in total. The first-order valence-corrected chi connectivity index (χ1v) is 4.36. The van der Waals surface area contributed by atoms with Gasteiger partial charge in [0.15, 0.2) is 5.96 Å². The highest BCUT2D eigenvalue weighted by atomic mass is 15.0. The van der Waals surface area contributed by atoms with Crippen LogP contribution >= 0.6 is 0 Å². The quantitative estimate of drug-likeness (QED) is 0.471. The topological polar surface area (TPSA) is 61.9 Å². The minimum Gasteiger partial charge on any atom is -0.370 e. The summed E-state index contributed by atoms with van der Waals surface area (Å²) in [6.45, 7) is 0. The Morgan fingerprint density at radius 2 is 1.79 bits per heavy atom. The lowest BCUT2D eigenvalue weighted by Gasteiger charge is -2.07. The first-order valence-electron chi connectivity index (χ1n) is 4.36. The summed E-state index contributed by atoms with van der Waals surface area (Å²) in [5.74, 6) is -0.0404. The van der Waals surface area contributed by atoms with Crippen molar-refractivity contribution < 1.29 is 0 Å². The van der Waals surface area contributed by atoms with Crippen LogP contribution in [0, 0.1) is 5.41 Å². The average Bonchev–Trinajstić information content (AvgIpc) is 2.18. The zero-order valence-electron chi connectivity index (χ0n) is 7.62. The van der Waals surface area contributed by atoms with E-state index in [-0.39, 0.29) is 5.96 Å². The van der Waals surface area contributed by atoms with Crippen LogP contribution in [0.15, 0.2) is 42.5 Å². The molecule has 0 bridgehead atoms. The SMILES string of the molecule is N=C(N)Nc1cccc2ccccc12. The molecule has 0 atom stereocenters. The molecule has 0 aliphatic carbocycles. The maximum Gasteiger partial charge on any atom is 0.190 e. The van der Waals surface area contributed by atoms with Gasteiger partial charge in [-0.25, -0.2) is 0 Å². The minimum absolute atomic E-state index is 0.0404. The van der Waals surface area contributed by atoms with Gasteiger partial charge in [0.05, 0.1) is 0 Å². The van der Waals surface area contributed by atoms with Gasteiger partial charge in [-0.05, 0) is 11.5 Å². The van der Waals surface area contributed by atoms with E-state index in [4.69, 9.17) is 11.1 Å². The van der Waals surface area contributed by atoms with Crippen molar-refractivity contribution in [2.75, 3.05) is 5.32 Å². The summed E-state index contributed by atoms with van der Waals surface area (Å²) in [5.41, 5.74) is 6.16. The second-order valence-electron chi connectivity index (χ2n) is 3.07. The molecule has 14 heavy (non-hydrogen) atoms. The number of anilines is 1. The van der Waals surface area contributed by atoms with E-state index in [1.165, 1.54) is 0 Å². The van der Waals surface area contributed by atoms with Gasteiger partial charge in [0.25, 0.3) is 0 Å². The molecule has 2 aromatic rings. The molecule has 0 spiro atoms. The monoisotopic (exact) mass is 185 g/mol. The maximum atomic E-state index is 7.17. The van der Waals surface area contributed by atoms with Crippen molar-refractivity contribution in [1.82, 2.24) is 0 Å². The molecule has 2 rings (SSSR count). The zero-order chi connectivity index (χ0) is 9.97. The normalized spacial score (nSPS) is 10.0. The lowest BCUT2D eigenvalue weighted by molar-refractivity contribution is 1.42. The first kappa shape index (κ1) is 8.56. The average molecular weight is 185 g/mol. The third-order valence-electron chi connectivity index (χ3n) is 2.06. The Hall–Kier alpha value is -2.03. The summed E-state index contributed by atoms with van der Waals surface area (Å²) < 4.78 is 0. The van der Waals surface area contributed by atoms with Gasteiger partial charge in [-0.3, -0.25) is 5.41 Å². The highest BCUT2D eigenvalue weighted by molar-refractivity contribution is 6.01. The van der Waals surface area contributed by atoms with Gasteiger partial charge < -0.3 is 11.1 Å². The molecule has 0 radical (unpaired) electrons. The number of benzene rings is 2. The van der Waals surface area contributed by atoms with Crippen LogP contribution < -0.4 is 11.1 Å². The van der Waals surface area contributed by atoms with Gasteiger partial charge in [0.1, 0.15) is 0 Å². The number of hydrogen-bond acceptors (Lipinski definition) is 1. The lowest BCUT2D eigenvalue weighted by Crippen LogP contribution is -2.20. The summed E-state index contributed by atoms with van der Waals surface area (Å²) in [6, 6.07) is 13.9. The third-order valence-corrected chi connectivity index (χ3v) is 2.06. The number of nitrogens with one attached hydrogen (secondary N) is 2. The predicted octanol–water partition coefficient (Wildman–Crippen LogP) is 2.15. The van der Waals surface area contributed by atoms with Gasteiger partial charge in [-0.1, -0.05) is 36.4 Å². The van der Waals surface area contributed by atoms with Crippen molar-refractivity contribution in [3.63, 3.8) is 0 Å². The number of nitrogens with two attached hydrogens (primary N) is 1. The molecular formula is C11H11N3. The Balaban J connectivity index is 2.59. The maximum absolute atomic E-state index is 7.17. The summed E-state index contributed by atoms with van der Waals surface area (Å²) in [5, 5.41) is 12.2. The van der Waals surface area contributed by atoms with Crippen molar-refractivity contribution in [1.29, 1.82) is 5.41 Å². The van der Waals surface area contributed by atoms with Crippen molar-refractivity contribution in [3.05, 3.63) is 42.5 Å². The van der Waals surface area contributed by atoms with Crippen molar-refractivity contribution >= 4 is 22.4 Å². The number of rotatable bonds is 1. The number of guanidine groups is 1. The van der Waals surface area contributed by atoms with E-state index in [9.17, 15) is 0 Å². The van der Waals surface area contributed by atoms with Gasteiger partial charge in [0, 0.05) is 11.1 Å². The van der Waals surface area contributed by atoms with Crippen molar-refractivity contribution in [3.8, 4) is 0 Å². The standard InChI is InChI=1S/C11H11N3/c12-11(13)14-10-7-3-5-8-4-1-2-6-9(8)10/h1-7H,(H4,12,13,14). The fourth-order valence-corrected chi connectivity index (χ4v) is 1.48. The van der Waals surface area contributed by atoms with Gasteiger partial charge >= 0.3 is 0 Å². The Morgan fingerprint density at radius 3 is 2.57 bits per heavy atom. The van der Waals surface area contributed by atoms with Crippen molar-refractivity contribution in [2.24, 2.45) is 5.73 Å². The molecule has 0 heterocycles. The van der Waals surface area contributed by atoms with E-state index >= 15 is 0 Å². The second-order valence-corrected chi connectivity index (χ2v) is 3.07. The molecular weight excluding hydrogens is 174 g/mol. The molecule has 3 heteroatoms. The summed E-state index contributed by atoms with van der Waals surface area (Å²) >= 11 is 0. The van der Waals surface area contributed by atoms with E-state index in [1.807, 2.05) is 42.5 Å². The summed E-state index contributed by atoms with van der Waals surface area (Å²) in [4.78, 5) is 0. The van der Waals surface area contributed by atoms with E-state index in [0.29, 0.717) is 0 Å². The Kier molecular flexibility index (Phi) is 2.07. The highest BCUT2D eigenvalue weighted by Crippen LogP contribution is 2.22. The summed E-state index contributed by atoms with van der Waals surface area (Å²) in [6.07, 6.45) is 0. The molecule has 0 amide bonds. The fraction of sp³-hybridized carbons (Fsp3) is 0. The molecule has 0 unspecified atom stereocenters. The van der Waals surface area contributed by atoms with Crippen LogP contribution in [0.2, 0.25) is 0 Å². The van der Waals surface area contributed by atoms with Crippen LogP contribution in [-0.2, 0) is 0 Å². The van der Waals surface area contributed by atoms with Crippen LogP contribution in [0.25, 0.3) is 10.8 Å². The second kappa shape index (κ2) is 3.38. The number of fused-ring (bicyclic) bond motifs is 1. The van der Waals surface area contributed by atoms with Crippen LogP contribution in [0.5, 0.6) is 0 Å². The van der Waals surface area contributed by atoms with Gasteiger partial charge in [0.2, 0.25) is 0 Å². The van der Waals surface area contributed by atoms with Crippen LogP contribution in [0.1, 0.15) is 0 Å². The van der Waals surface area contributed by atoms with Gasteiger partial charge in [-0.15, -0.1) is 0 Å². The Bertz CT molecular complexity index is 471. The van der Waals surface area contributed by atoms with Crippen LogP contribution in [-0.4, -0.2) is 5.96 Å². The van der Waals surface area contributed by atoms with E-state index in [1.54, 1.807) is 0 Å². The lowest BCUT2D eigenvalue weighted by atomic mass is 10.1. The molecule has 0 aromatic heterocycles. The fourth-order valence-electron chi connectivity index (χ4n) is 1.48. The molecule has 70 valence electrons. The van der Waals surface area contributed by atoms with E-state index in [2.05, 4.69) is 5.32 Å². The molecule has 0 aliphatic rings. The molecule has 4 N–H and O–H groups in total. The third kappa shape index (κ3) is 1.52. The number of hydrogen-bond donors (Lipinski definition) is 3. The largest absolute Gasteiger partial charge is 0.370 e. The molecule has 0 saturated heterocycles. The smallest absolute Gasteiger partial charge is 0.190 e.